The Morgan fingerprint density at radius 3 is 2.39 bits per heavy atom. The van der Waals surface area contributed by atoms with Gasteiger partial charge in [-0.15, -0.1) is 0 Å². The predicted molar refractivity (Wildman–Crippen MR) is 155 cm³/mol. The van der Waals surface area contributed by atoms with E-state index in [-0.39, 0.29) is 11.2 Å². The second-order valence-electron chi connectivity index (χ2n) is 13.5. The number of aliphatic hydroxyl groups excluding tert-OH is 3. The van der Waals surface area contributed by atoms with E-state index in [1.54, 1.807) is 5.57 Å². The van der Waals surface area contributed by atoms with Crippen molar-refractivity contribution in [3.8, 4) is 0 Å². The SMILES string of the molecule is CCCCCCCC(=O)C1([C@H](O)/C=C/[C@@H](C)[C@H]2CC[C@H]3/C(=C/C=C4C[C@@H](O)C[C@H](O)C4)CCC[C@]23C)CC1. The van der Waals surface area contributed by atoms with Gasteiger partial charge in [-0.2, -0.15) is 0 Å². The number of carbonyl (C=O) groups is 1. The molecule has 4 fully saturated rings. The van der Waals surface area contributed by atoms with Gasteiger partial charge in [-0.05, 0) is 93.8 Å². The summed E-state index contributed by atoms with van der Waals surface area (Å²) >= 11 is 0. The molecule has 4 heteroatoms. The lowest BCUT2D eigenvalue weighted by atomic mass is 9.61. The van der Waals surface area contributed by atoms with Crippen LogP contribution in [0.4, 0.5) is 0 Å². The van der Waals surface area contributed by atoms with Crippen LogP contribution in [0, 0.1) is 28.6 Å². The van der Waals surface area contributed by atoms with Crippen molar-refractivity contribution in [3.05, 3.63) is 35.5 Å². The van der Waals surface area contributed by atoms with Crippen molar-refractivity contribution in [2.24, 2.45) is 28.6 Å². The van der Waals surface area contributed by atoms with E-state index in [1.807, 2.05) is 6.08 Å². The molecule has 0 aromatic rings. The second-order valence-corrected chi connectivity index (χ2v) is 13.5. The molecule has 38 heavy (non-hydrogen) atoms. The van der Waals surface area contributed by atoms with Crippen LogP contribution in [0.2, 0.25) is 0 Å². The Kier molecular flexibility index (Phi) is 10.1. The first-order valence-electron chi connectivity index (χ1n) is 15.8. The first-order chi connectivity index (χ1) is 18.2. The van der Waals surface area contributed by atoms with Crippen LogP contribution in [0.15, 0.2) is 35.5 Å². The van der Waals surface area contributed by atoms with Crippen LogP contribution >= 0.6 is 0 Å². The third-order valence-corrected chi connectivity index (χ3v) is 10.8. The lowest BCUT2D eigenvalue weighted by molar-refractivity contribution is -0.127. The molecular formula is C34H54O4. The number of carbonyl (C=O) groups excluding carboxylic acids is 1. The molecule has 4 nitrogen and oxygen atoms in total. The molecular weight excluding hydrogens is 472 g/mol. The van der Waals surface area contributed by atoms with Gasteiger partial charge in [0.2, 0.25) is 0 Å². The van der Waals surface area contributed by atoms with E-state index in [0.717, 1.165) is 32.1 Å². The number of hydrogen-bond acceptors (Lipinski definition) is 4. The highest BCUT2D eigenvalue weighted by atomic mass is 16.3. The predicted octanol–water partition coefficient (Wildman–Crippen LogP) is 7.22. The minimum atomic E-state index is -0.646. The van der Waals surface area contributed by atoms with Gasteiger partial charge in [0.25, 0.3) is 0 Å². The Morgan fingerprint density at radius 1 is 1.00 bits per heavy atom. The van der Waals surface area contributed by atoms with Gasteiger partial charge in [-0.3, -0.25) is 4.79 Å². The minimum Gasteiger partial charge on any atom is -0.393 e. The van der Waals surface area contributed by atoms with Crippen molar-refractivity contribution < 1.29 is 20.1 Å². The molecule has 0 aromatic heterocycles. The van der Waals surface area contributed by atoms with Crippen molar-refractivity contribution in [1.29, 1.82) is 0 Å². The van der Waals surface area contributed by atoms with E-state index in [9.17, 15) is 20.1 Å². The molecule has 0 heterocycles. The first-order valence-corrected chi connectivity index (χ1v) is 15.8. The maximum absolute atomic E-state index is 13.0. The smallest absolute Gasteiger partial charge is 0.141 e. The van der Waals surface area contributed by atoms with Crippen LogP contribution in [0.1, 0.15) is 124 Å². The van der Waals surface area contributed by atoms with Crippen molar-refractivity contribution in [3.63, 3.8) is 0 Å². The zero-order valence-electron chi connectivity index (χ0n) is 24.3. The Balaban J connectivity index is 1.35. The topological polar surface area (TPSA) is 77.8 Å². The van der Waals surface area contributed by atoms with Crippen molar-refractivity contribution >= 4 is 5.78 Å². The Morgan fingerprint density at radius 2 is 1.71 bits per heavy atom. The van der Waals surface area contributed by atoms with Gasteiger partial charge in [-0.25, -0.2) is 0 Å². The molecule has 7 atom stereocenters. The molecule has 0 saturated heterocycles. The standard InChI is InChI=1S/C34H54O4/c1-4-5-6-7-8-11-31(37)34(19-20-34)32(38)17-12-24(2)29-15-16-30-26(10-9-18-33(29,30)3)14-13-25-21-27(35)23-28(36)22-25/h12-14,17,24,27-30,32,35-36,38H,4-11,15-16,18-23H2,1-3H3/b17-12+,26-14+/t24-,27-,28-,29-,30+,32-,33-/m1/s1. The van der Waals surface area contributed by atoms with Gasteiger partial charge in [-0.1, -0.05) is 81.9 Å². The van der Waals surface area contributed by atoms with Gasteiger partial charge in [0.15, 0.2) is 0 Å². The molecule has 4 saturated carbocycles. The van der Waals surface area contributed by atoms with Crippen LogP contribution in [0.3, 0.4) is 0 Å². The Bertz CT molecular complexity index is 884. The van der Waals surface area contributed by atoms with Gasteiger partial charge >= 0.3 is 0 Å². The Labute approximate surface area is 231 Å². The number of aliphatic hydroxyl groups is 3. The molecule has 4 aliphatic carbocycles. The highest BCUT2D eigenvalue weighted by Crippen LogP contribution is 2.59. The summed E-state index contributed by atoms with van der Waals surface area (Å²) in [7, 11) is 0. The largest absolute Gasteiger partial charge is 0.393 e. The summed E-state index contributed by atoms with van der Waals surface area (Å²) in [6.45, 7) is 7.00. The fourth-order valence-corrected chi connectivity index (χ4v) is 8.28. The van der Waals surface area contributed by atoms with Gasteiger partial charge in [0, 0.05) is 6.42 Å². The van der Waals surface area contributed by atoms with Gasteiger partial charge < -0.3 is 15.3 Å². The number of hydrogen-bond donors (Lipinski definition) is 3. The van der Waals surface area contributed by atoms with E-state index in [4.69, 9.17) is 0 Å². The number of fused-ring (bicyclic) bond motifs is 1. The van der Waals surface area contributed by atoms with Crippen LogP contribution in [0.25, 0.3) is 0 Å². The molecule has 0 aliphatic heterocycles. The monoisotopic (exact) mass is 526 g/mol. The second kappa shape index (κ2) is 13.0. The van der Waals surface area contributed by atoms with Crippen molar-refractivity contribution in [2.75, 3.05) is 0 Å². The minimum absolute atomic E-state index is 0.258. The van der Waals surface area contributed by atoms with E-state index in [1.165, 1.54) is 50.5 Å². The fraction of sp³-hybridized carbons (Fsp3) is 0.794. The molecule has 0 spiro atoms. The fourth-order valence-electron chi connectivity index (χ4n) is 8.28. The van der Waals surface area contributed by atoms with Crippen molar-refractivity contribution in [1.82, 2.24) is 0 Å². The lowest BCUT2D eigenvalue weighted by Crippen LogP contribution is -2.35. The highest BCUT2D eigenvalue weighted by molar-refractivity contribution is 5.88. The maximum Gasteiger partial charge on any atom is 0.141 e. The van der Waals surface area contributed by atoms with Crippen LogP contribution in [0.5, 0.6) is 0 Å². The average Bonchev–Trinajstić information content (AvgIpc) is 3.61. The van der Waals surface area contributed by atoms with Crippen LogP contribution in [-0.2, 0) is 4.79 Å². The summed E-state index contributed by atoms with van der Waals surface area (Å²) < 4.78 is 0. The molecule has 0 amide bonds. The summed E-state index contributed by atoms with van der Waals surface area (Å²) in [4.78, 5) is 13.0. The molecule has 0 radical (unpaired) electrons. The van der Waals surface area contributed by atoms with E-state index >= 15 is 0 Å². The number of allylic oxidation sites excluding steroid dienone is 4. The first kappa shape index (κ1) is 29.7. The van der Waals surface area contributed by atoms with Gasteiger partial charge in [0.1, 0.15) is 5.78 Å². The van der Waals surface area contributed by atoms with Crippen molar-refractivity contribution in [2.45, 2.75) is 142 Å². The van der Waals surface area contributed by atoms with E-state index in [0.29, 0.717) is 43.4 Å². The Hall–Kier alpha value is -1.23. The molecule has 214 valence electrons. The molecule has 0 aromatic carbocycles. The molecule has 0 bridgehead atoms. The highest BCUT2D eigenvalue weighted by Gasteiger charge is 2.54. The van der Waals surface area contributed by atoms with Crippen LogP contribution in [-0.4, -0.2) is 39.4 Å². The lowest BCUT2D eigenvalue weighted by Gasteiger charge is -2.44. The normalized spacial score (nSPS) is 35.3. The summed E-state index contributed by atoms with van der Waals surface area (Å²) in [5.41, 5.74) is 2.47. The summed E-state index contributed by atoms with van der Waals surface area (Å²) in [6, 6.07) is 0. The molecule has 4 aliphatic rings. The number of ketones is 1. The number of Topliss-reactive ketones (excluding diaryl/α,β-unsaturated/α-hetero) is 1. The summed E-state index contributed by atoms with van der Waals surface area (Å²) in [6.07, 6.45) is 23.1. The molecule has 0 unspecified atom stereocenters. The zero-order valence-corrected chi connectivity index (χ0v) is 24.3. The zero-order chi connectivity index (χ0) is 27.3. The maximum atomic E-state index is 13.0. The molecule has 4 rings (SSSR count). The quantitative estimate of drug-likeness (QED) is 0.185. The summed E-state index contributed by atoms with van der Waals surface area (Å²) in [5, 5.41) is 31.2. The molecule has 3 N–H and O–H groups in total. The number of unbranched alkanes of at least 4 members (excludes halogenated alkanes) is 4. The third-order valence-electron chi connectivity index (χ3n) is 10.8. The summed E-state index contributed by atoms with van der Waals surface area (Å²) in [5.74, 6) is 1.82. The number of rotatable bonds is 12. The van der Waals surface area contributed by atoms with E-state index < -0.39 is 23.7 Å². The van der Waals surface area contributed by atoms with E-state index in [2.05, 4.69) is 39.0 Å². The average molecular weight is 527 g/mol. The van der Waals surface area contributed by atoms with Crippen LogP contribution < -0.4 is 0 Å². The van der Waals surface area contributed by atoms with Gasteiger partial charge in [0.05, 0.1) is 23.7 Å². The third kappa shape index (κ3) is 6.73.